The van der Waals surface area contributed by atoms with Gasteiger partial charge in [0.15, 0.2) is 5.82 Å². The molecule has 1 aliphatic rings. The number of aryl methyl sites for hydroxylation is 1. The molecule has 0 unspecified atom stereocenters. The molecule has 1 atom stereocenters. The average molecular weight is 336 g/mol. The van der Waals surface area contributed by atoms with Crippen LogP contribution in [0.15, 0.2) is 36.7 Å². The SMILES string of the molecule is Cn1cc(-c2ccc3nnc(NC(=O)[C@@H]4CCCNC4)cc3c2)cn1. The lowest BCUT2D eigenvalue weighted by atomic mass is 9.99. The molecule has 0 radical (unpaired) electrons. The van der Waals surface area contributed by atoms with Crippen molar-refractivity contribution in [3.05, 3.63) is 36.7 Å². The molecule has 3 aromatic rings. The van der Waals surface area contributed by atoms with Crippen LogP contribution in [-0.2, 0) is 11.8 Å². The highest BCUT2D eigenvalue weighted by Crippen LogP contribution is 2.24. The Morgan fingerprint density at radius 2 is 2.20 bits per heavy atom. The van der Waals surface area contributed by atoms with Gasteiger partial charge in [0.05, 0.1) is 17.6 Å². The molecule has 0 aliphatic carbocycles. The number of hydrogen-bond acceptors (Lipinski definition) is 5. The van der Waals surface area contributed by atoms with E-state index in [9.17, 15) is 4.79 Å². The number of aromatic nitrogens is 4. The summed E-state index contributed by atoms with van der Waals surface area (Å²) in [5.41, 5.74) is 2.90. The van der Waals surface area contributed by atoms with E-state index in [1.165, 1.54) is 0 Å². The largest absolute Gasteiger partial charge is 0.316 e. The Morgan fingerprint density at radius 3 is 2.96 bits per heavy atom. The van der Waals surface area contributed by atoms with E-state index in [-0.39, 0.29) is 11.8 Å². The summed E-state index contributed by atoms with van der Waals surface area (Å²) in [5, 5.41) is 19.6. The van der Waals surface area contributed by atoms with Crippen LogP contribution in [0.5, 0.6) is 0 Å². The molecule has 0 bridgehead atoms. The van der Waals surface area contributed by atoms with Gasteiger partial charge in [0.2, 0.25) is 5.91 Å². The van der Waals surface area contributed by atoms with Crippen molar-refractivity contribution in [2.75, 3.05) is 18.4 Å². The Kier molecular flexibility index (Phi) is 4.15. The molecule has 0 spiro atoms. The summed E-state index contributed by atoms with van der Waals surface area (Å²) in [6.07, 6.45) is 5.73. The normalized spacial score (nSPS) is 17.6. The molecule has 2 N–H and O–H groups in total. The van der Waals surface area contributed by atoms with Crippen LogP contribution in [0.2, 0.25) is 0 Å². The minimum absolute atomic E-state index is 0.00395. The first-order chi connectivity index (χ1) is 12.2. The first-order valence-electron chi connectivity index (χ1n) is 8.47. The molecular weight excluding hydrogens is 316 g/mol. The second kappa shape index (κ2) is 6.60. The number of amides is 1. The molecule has 4 rings (SSSR count). The van der Waals surface area contributed by atoms with Crippen LogP contribution in [0, 0.1) is 5.92 Å². The van der Waals surface area contributed by atoms with Crippen molar-refractivity contribution >= 4 is 22.6 Å². The van der Waals surface area contributed by atoms with E-state index in [0.29, 0.717) is 5.82 Å². The van der Waals surface area contributed by atoms with Gasteiger partial charge in [0, 0.05) is 30.7 Å². The third-order valence-electron chi connectivity index (χ3n) is 4.54. The van der Waals surface area contributed by atoms with Crippen molar-refractivity contribution in [3.8, 4) is 11.1 Å². The fourth-order valence-corrected chi connectivity index (χ4v) is 3.16. The molecule has 3 heterocycles. The number of anilines is 1. The smallest absolute Gasteiger partial charge is 0.229 e. The molecule has 7 nitrogen and oxygen atoms in total. The van der Waals surface area contributed by atoms with Gasteiger partial charge in [0.1, 0.15) is 0 Å². The lowest BCUT2D eigenvalue weighted by Gasteiger charge is -2.21. The molecule has 0 saturated carbocycles. The summed E-state index contributed by atoms with van der Waals surface area (Å²) in [4.78, 5) is 12.4. The monoisotopic (exact) mass is 336 g/mol. The van der Waals surface area contributed by atoms with Gasteiger partial charge in [-0.3, -0.25) is 9.48 Å². The molecule has 25 heavy (non-hydrogen) atoms. The first-order valence-corrected chi connectivity index (χ1v) is 8.47. The molecule has 128 valence electrons. The summed E-state index contributed by atoms with van der Waals surface area (Å²) in [6, 6.07) is 7.84. The van der Waals surface area contributed by atoms with E-state index in [1.807, 2.05) is 43.7 Å². The summed E-state index contributed by atoms with van der Waals surface area (Å²) < 4.78 is 1.77. The molecule has 1 saturated heterocycles. The van der Waals surface area contributed by atoms with Crippen LogP contribution >= 0.6 is 0 Å². The highest BCUT2D eigenvalue weighted by Gasteiger charge is 2.21. The Bertz CT molecular complexity index is 913. The molecule has 7 heteroatoms. The van der Waals surface area contributed by atoms with Gasteiger partial charge in [-0.15, -0.1) is 10.2 Å². The highest BCUT2D eigenvalue weighted by atomic mass is 16.2. The van der Waals surface area contributed by atoms with Crippen molar-refractivity contribution in [1.82, 2.24) is 25.3 Å². The predicted molar refractivity (Wildman–Crippen MR) is 96.0 cm³/mol. The number of hydrogen-bond donors (Lipinski definition) is 2. The predicted octanol–water partition coefficient (Wildman–Crippen LogP) is 1.97. The lowest BCUT2D eigenvalue weighted by molar-refractivity contribution is -0.120. The first kappa shape index (κ1) is 15.7. The van der Waals surface area contributed by atoms with Crippen molar-refractivity contribution in [3.63, 3.8) is 0 Å². The Balaban J connectivity index is 1.59. The topological polar surface area (TPSA) is 84.7 Å². The lowest BCUT2D eigenvalue weighted by Crippen LogP contribution is -2.37. The van der Waals surface area contributed by atoms with E-state index in [0.717, 1.165) is 48.0 Å². The minimum Gasteiger partial charge on any atom is -0.316 e. The van der Waals surface area contributed by atoms with E-state index in [4.69, 9.17) is 0 Å². The zero-order valence-corrected chi connectivity index (χ0v) is 14.1. The van der Waals surface area contributed by atoms with Crippen molar-refractivity contribution in [2.24, 2.45) is 13.0 Å². The van der Waals surface area contributed by atoms with Crippen molar-refractivity contribution in [2.45, 2.75) is 12.8 Å². The van der Waals surface area contributed by atoms with Crippen LogP contribution in [0.3, 0.4) is 0 Å². The van der Waals surface area contributed by atoms with E-state index >= 15 is 0 Å². The number of carbonyl (C=O) groups excluding carboxylic acids is 1. The average Bonchev–Trinajstić information content (AvgIpc) is 3.08. The van der Waals surface area contributed by atoms with E-state index in [1.54, 1.807) is 4.68 Å². The third kappa shape index (κ3) is 3.36. The molecule has 1 aliphatic heterocycles. The number of piperidine rings is 1. The molecular formula is C18H20N6O. The summed E-state index contributed by atoms with van der Waals surface area (Å²) in [7, 11) is 1.89. The number of fused-ring (bicyclic) bond motifs is 1. The van der Waals surface area contributed by atoms with E-state index < -0.39 is 0 Å². The summed E-state index contributed by atoms with van der Waals surface area (Å²) in [6.45, 7) is 1.70. The zero-order valence-electron chi connectivity index (χ0n) is 14.1. The molecule has 1 fully saturated rings. The highest BCUT2D eigenvalue weighted by molar-refractivity contribution is 5.94. The van der Waals surface area contributed by atoms with Gasteiger partial charge < -0.3 is 10.6 Å². The quantitative estimate of drug-likeness (QED) is 0.764. The van der Waals surface area contributed by atoms with Gasteiger partial charge in [-0.25, -0.2) is 0 Å². The number of nitrogens with one attached hydrogen (secondary N) is 2. The van der Waals surface area contributed by atoms with Crippen LogP contribution in [-0.4, -0.2) is 39.0 Å². The number of carbonyl (C=O) groups is 1. The molecule has 1 aromatic carbocycles. The van der Waals surface area contributed by atoms with Gasteiger partial charge in [-0.1, -0.05) is 6.07 Å². The van der Waals surface area contributed by atoms with Gasteiger partial charge in [-0.05, 0) is 43.1 Å². The Morgan fingerprint density at radius 1 is 1.28 bits per heavy atom. The van der Waals surface area contributed by atoms with Crippen LogP contribution in [0.4, 0.5) is 5.82 Å². The van der Waals surface area contributed by atoms with Crippen molar-refractivity contribution in [1.29, 1.82) is 0 Å². The Labute approximate surface area is 145 Å². The fraction of sp³-hybridized carbons (Fsp3) is 0.333. The maximum Gasteiger partial charge on any atom is 0.229 e. The summed E-state index contributed by atoms with van der Waals surface area (Å²) >= 11 is 0. The maximum absolute atomic E-state index is 12.4. The standard InChI is InChI=1S/C18H20N6O/c1-24-11-15(10-20-24)12-4-5-16-14(7-12)8-17(23-22-16)21-18(25)13-3-2-6-19-9-13/h4-5,7-8,10-11,13,19H,2-3,6,9H2,1H3,(H,21,23,25)/t13-/m1/s1. The van der Waals surface area contributed by atoms with E-state index in [2.05, 4.69) is 25.9 Å². The second-order valence-corrected chi connectivity index (χ2v) is 6.44. The second-order valence-electron chi connectivity index (χ2n) is 6.44. The molecule has 1 amide bonds. The van der Waals surface area contributed by atoms with Gasteiger partial charge >= 0.3 is 0 Å². The van der Waals surface area contributed by atoms with Gasteiger partial charge in [-0.2, -0.15) is 5.10 Å². The number of nitrogens with zero attached hydrogens (tertiary/aromatic N) is 4. The van der Waals surface area contributed by atoms with Crippen LogP contribution < -0.4 is 10.6 Å². The zero-order chi connectivity index (χ0) is 17.2. The minimum atomic E-state index is -0.00651. The number of rotatable bonds is 3. The maximum atomic E-state index is 12.4. The third-order valence-corrected chi connectivity index (χ3v) is 4.54. The summed E-state index contributed by atoms with van der Waals surface area (Å²) in [5.74, 6) is 0.489. The van der Waals surface area contributed by atoms with Gasteiger partial charge in [0.25, 0.3) is 0 Å². The van der Waals surface area contributed by atoms with Crippen LogP contribution in [0.25, 0.3) is 22.0 Å². The fourth-order valence-electron chi connectivity index (χ4n) is 3.16. The van der Waals surface area contributed by atoms with Crippen LogP contribution in [0.1, 0.15) is 12.8 Å². The number of benzene rings is 1. The van der Waals surface area contributed by atoms with Crippen molar-refractivity contribution < 1.29 is 4.79 Å². The molecule has 2 aromatic heterocycles. The Hall–Kier alpha value is -2.80.